The first-order chi connectivity index (χ1) is 7.19. The van der Waals surface area contributed by atoms with Gasteiger partial charge in [0.25, 0.3) is 0 Å². The maximum Gasteiger partial charge on any atom is 0.143 e. The molecule has 15 heavy (non-hydrogen) atoms. The summed E-state index contributed by atoms with van der Waals surface area (Å²) < 4.78 is 1.52. The Labute approximate surface area is 99.3 Å². The lowest BCUT2D eigenvalue weighted by Gasteiger charge is -2.01. The molecular weight excluding hydrogens is 230 g/mol. The smallest absolute Gasteiger partial charge is 0.143 e. The predicted molar refractivity (Wildman–Crippen MR) is 67.5 cm³/mol. The SMILES string of the molecule is C=C/C=C\C(Cl)=C(/N)n1ccc(CS)n1. The fourth-order valence-electron chi connectivity index (χ4n) is 0.928. The zero-order chi connectivity index (χ0) is 11.3. The molecule has 1 aromatic heterocycles. The molecule has 3 nitrogen and oxygen atoms in total. The van der Waals surface area contributed by atoms with Gasteiger partial charge in [0.05, 0.1) is 10.7 Å². The predicted octanol–water partition coefficient (Wildman–Crippen LogP) is 2.38. The van der Waals surface area contributed by atoms with Gasteiger partial charge >= 0.3 is 0 Å². The van der Waals surface area contributed by atoms with Gasteiger partial charge in [0, 0.05) is 11.9 Å². The summed E-state index contributed by atoms with van der Waals surface area (Å²) in [6.45, 7) is 3.54. The number of nitrogens with zero attached hydrogens (tertiary/aromatic N) is 2. The summed E-state index contributed by atoms with van der Waals surface area (Å²) in [5.74, 6) is 0.947. The molecule has 0 aliphatic heterocycles. The van der Waals surface area contributed by atoms with Crippen LogP contribution in [0.4, 0.5) is 0 Å². The summed E-state index contributed by atoms with van der Waals surface area (Å²) in [5, 5.41) is 4.59. The fourth-order valence-corrected chi connectivity index (χ4v) is 1.26. The number of hydrogen-bond acceptors (Lipinski definition) is 3. The fraction of sp³-hybridized carbons (Fsp3) is 0.100. The molecule has 0 aromatic carbocycles. The Balaban J connectivity index is 2.95. The van der Waals surface area contributed by atoms with Crippen LogP contribution in [0.5, 0.6) is 0 Å². The minimum absolute atomic E-state index is 0.378. The summed E-state index contributed by atoms with van der Waals surface area (Å²) in [6, 6.07) is 1.83. The molecule has 0 atom stereocenters. The second-order valence-electron chi connectivity index (χ2n) is 2.74. The van der Waals surface area contributed by atoms with Crippen molar-refractivity contribution in [1.29, 1.82) is 0 Å². The molecule has 1 rings (SSSR count). The van der Waals surface area contributed by atoms with Crippen LogP contribution in [0.1, 0.15) is 5.69 Å². The van der Waals surface area contributed by atoms with Crippen LogP contribution < -0.4 is 5.73 Å². The summed E-state index contributed by atoms with van der Waals surface area (Å²) in [6.07, 6.45) is 6.73. The highest BCUT2D eigenvalue weighted by molar-refractivity contribution is 7.79. The normalized spacial score (nSPS) is 12.9. The van der Waals surface area contributed by atoms with Gasteiger partial charge in [-0.05, 0) is 12.1 Å². The number of allylic oxidation sites excluding steroid dienone is 4. The van der Waals surface area contributed by atoms with Gasteiger partial charge < -0.3 is 5.73 Å². The van der Waals surface area contributed by atoms with E-state index in [9.17, 15) is 0 Å². The molecule has 0 bridgehead atoms. The van der Waals surface area contributed by atoms with E-state index in [-0.39, 0.29) is 0 Å². The second-order valence-corrected chi connectivity index (χ2v) is 3.46. The Morgan fingerprint density at radius 1 is 1.73 bits per heavy atom. The Bertz CT molecular complexity index is 407. The molecule has 0 unspecified atom stereocenters. The van der Waals surface area contributed by atoms with Gasteiger partial charge in [0.1, 0.15) is 5.82 Å². The second kappa shape index (κ2) is 5.68. The van der Waals surface area contributed by atoms with E-state index >= 15 is 0 Å². The van der Waals surface area contributed by atoms with E-state index in [2.05, 4.69) is 24.3 Å². The standard InChI is InChI=1S/C10H12ClN3S/c1-2-3-4-9(11)10(12)14-6-5-8(7-15)13-14/h2-6,15H,1,7,12H2/b4-3-,10-9-. The van der Waals surface area contributed by atoms with Crippen molar-refractivity contribution in [3.8, 4) is 0 Å². The minimum atomic E-state index is 0.378. The monoisotopic (exact) mass is 241 g/mol. The number of halogens is 1. The Morgan fingerprint density at radius 2 is 2.47 bits per heavy atom. The van der Waals surface area contributed by atoms with E-state index in [1.54, 1.807) is 24.4 Å². The van der Waals surface area contributed by atoms with Crippen molar-refractivity contribution in [3.63, 3.8) is 0 Å². The van der Waals surface area contributed by atoms with Crippen molar-refractivity contribution < 1.29 is 0 Å². The molecule has 0 spiro atoms. The largest absolute Gasteiger partial charge is 0.382 e. The van der Waals surface area contributed by atoms with Crippen LogP contribution in [0.15, 0.2) is 42.1 Å². The van der Waals surface area contributed by atoms with Crippen LogP contribution in [0.3, 0.4) is 0 Å². The third-order valence-electron chi connectivity index (χ3n) is 1.68. The summed E-state index contributed by atoms with van der Waals surface area (Å²) in [7, 11) is 0. The zero-order valence-corrected chi connectivity index (χ0v) is 9.75. The van der Waals surface area contributed by atoms with E-state index < -0.39 is 0 Å². The lowest BCUT2D eigenvalue weighted by atomic mass is 10.4. The molecule has 0 amide bonds. The third-order valence-corrected chi connectivity index (χ3v) is 2.32. The lowest BCUT2D eigenvalue weighted by molar-refractivity contribution is 0.865. The van der Waals surface area contributed by atoms with Crippen LogP contribution in [0.2, 0.25) is 0 Å². The van der Waals surface area contributed by atoms with Gasteiger partial charge in [-0.2, -0.15) is 17.7 Å². The maximum atomic E-state index is 5.94. The molecule has 0 aliphatic carbocycles. The first-order valence-electron chi connectivity index (χ1n) is 4.29. The quantitative estimate of drug-likeness (QED) is 0.628. The highest BCUT2D eigenvalue weighted by atomic mass is 35.5. The number of rotatable bonds is 4. The maximum absolute atomic E-state index is 5.94. The molecule has 80 valence electrons. The molecule has 0 saturated heterocycles. The Hall–Kier alpha value is -1.13. The van der Waals surface area contributed by atoms with E-state index in [1.165, 1.54) is 4.68 Å². The summed E-state index contributed by atoms with van der Waals surface area (Å²) in [4.78, 5) is 0. The van der Waals surface area contributed by atoms with E-state index in [4.69, 9.17) is 17.3 Å². The average molecular weight is 242 g/mol. The van der Waals surface area contributed by atoms with Gasteiger partial charge in [0.15, 0.2) is 0 Å². The van der Waals surface area contributed by atoms with Crippen molar-refractivity contribution >= 4 is 30.1 Å². The van der Waals surface area contributed by atoms with Gasteiger partial charge in [-0.25, -0.2) is 4.68 Å². The van der Waals surface area contributed by atoms with Gasteiger partial charge in [-0.15, -0.1) is 0 Å². The molecule has 0 saturated carbocycles. The molecule has 2 N–H and O–H groups in total. The molecule has 1 heterocycles. The first-order valence-corrected chi connectivity index (χ1v) is 5.30. The van der Waals surface area contributed by atoms with Crippen molar-refractivity contribution in [3.05, 3.63) is 47.8 Å². The van der Waals surface area contributed by atoms with Crippen molar-refractivity contribution in [2.24, 2.45) is 5.73 Å². The van der Waals surface area contributed by atoms with Crippen LogP contribution >= 0.6 is 24.2 Å². The van der Waals surface area contributed by atoms with Gasteiger partial charge in [-0.3, -0.25) is 0 Å². The Kier molecular flexibility index (Phi) is 4.52. The summed E-state index contributed by atoms with van der Waals surface area (Å²) in [5.41, 5.74) is 6.63. The third kappa shape index (κ3) is 3.18. The number of hydrogen-bond donors (Lipinski definition) is 2. The van der Waals surface area contributed by atoms with E-state index in [0.29, 0.717) is 16.6 Å². The summed E-state index contributed by atoms with van der Waals surface area (Å²) >= 11 is 10.0. The van der Waals surface area contributed by atoms with Crippen LogP contribution in [0.25, 0.3) is 5.82 Å². The molecular formula is C10H12ClN3S. The van der Waals surface area contributed by atoms with E-state index in [0.717, 1.165) is 5.69 Å². The van der Waals surface area contributed by atoms with E-state index in [1.807, 2.05) is 6.07 Å². The molecule has 0 aliphatic rings. The molecule has 1 aromatic rings. The highest BCUT2D eigenvalue weighted by Gasteiger charge is 2.02. The highest BCUT2D eigenvalue weighted by Crippen LogP contribution is 2.12. The lowest BCUT2D eigenvalue weighted by Crippen LogP contribution is -2.08. The van der Waals surface area contributed by atoms with Gasteiger partial charge in [0.2, 0.25) is 0 Å². The van der Waals surface area contributed by atoms with Crippen molar-refractivity contribution in [1.82, 2.24) is 9.78 Å². The van der Waals surface area contributed by atoms with Crippen LogP contribution in [-0.4, -0.2) is 9.78 Å². The topological polar surface area (TPSA) is 43.8 Å². The zero-order valence-electron chi connectivity index (χ0n) is 8.10. The number of thiol groups is 1. The van der Waals surface area contributed by atoms with Crippen LogP contribution in [-0.2, 0) is 5.75 Å². The molecule has 5 heteroatoms. The number of nitrogens with two attached hydrogens (primary N) is 1. The number of aromatic nitrogens is 2. The molecule has 0 radical (unpaired) electrons. The van der Waals surface area contributed by atoms with Crippen molar-refractivity contribution in [2.45, 2.75) is 5.75 Å². The average Bonchev–Trinajstić information content (AvgIpc) is 2.73. The van der Waals surface area contributed by atoms with Crippen LogP contribution in [0, 0.1) is 0 Å². The van der Waals surface area contributed by atoms with Gasteiger partial charge in [-0.1, -0.05) is 30.3 Å². The molecule has 0 fully saturated rings. The van der Waals surface area contributed by atoms with Crippen molar-refractivity contribution in [2.75, 3.05) is 0 Å². The Morgan fingerprint density at radius 3 is 3.00 bits per heavy atom. The first kappa shape index (κ1) is 11.9. The minimum Gasteiger partial charge on any atom is -0.382 e.